The molecular weight excluding hydrogens is 414 g/mol. The lowest BCUT2D eigenvalue weighted by Gasteiger charge is -2.25. The monoisotopic (exact) mass is 439 g/mol. The number of nitrogens with one attached hydrogen (secondary N) is 1. The number of benzene rings is 1. The number of carbonyl (C=O) groups excluding carboxylic acids is 2. The van der Waals surface area contributed by atoms with Gasteiger partial charge < -0.3 is 10.3 Å². The number of nitrogens with two attached hydrogens (primary N) is 1. The van der Waals surface area contributed by atoms with Crippen molar-refractivity contribution in [3.05, 3.63) is 18.2 Å². The van der Waals surface area contributed by atoms with Crippen molar-refractivity contribution in [2.24, 2.45) is 5.73 Å². The Hall–Kier alpha value is -2.11. The van der Waals surface area contributed by atoms with Gasteiger partial charge in [0.05, 0.1) is 21.2 Å². The fourth-order valence-corrected chi connectivity index (χ4v) is 5.86. The quantitative estimate of drug-likeness (QED) is 0.662. The molecule has 0 bridgehead atoms. The van der Waals surface area contributed by atoms with E-state index in [-0.39, 0.29) is 4.90 Å². The van der Waals surface area contributed by atoms with Gasteiger partial charge >= 0.3 is 6.03 Å². The summed E-state index contributed by atoms with van der Waals surface area (Å²) in [5.41, 5.74) is 6.34. The number of fused-ring (bicyclic) bond motifs is 1. The van der Waals surface area contributed by atoms with Crippen LogP contribution in [0.1, 0.15) is 33.1 Å². The molecule has 3 amide bonds. The van der Waals surface area contributed by atoms with Crippen LogP contribution in [0.25, 0.3) is 11.0 Å². The van der Waals surface area contributed by atoms with Crippen LogP contribution in [0.5, 0.6) is 0 Å². The van der Waals surface area contributed by atoms with Crippen molar-refractivity contribution in [1.82, 2.24) is 19.2 Å². The van der Waals surface area contributed by atoms with Crippen LogP contribution in [0.15, 0.2) is 28.3 Å². The van der Waals surface area contributed by atoms with Crippen LogP contribution in [0, 0.1) is 0 Å². The largest absolute Gasteiger partial charge is 0.351 e. The first-order chi connectivity index (χ1) is 13.7. The molecule has 1 saturated heterocycles. The summed E-state index contributed by atoms with van der Waals surface area (Å²) in [5.74, 6) is -0.509. The number of aromatic nitrogens is 2. The zero-order chi connectivity index (χ0) is 21.2. The van der Waals surface area contributed by atoms with E-state index in [0.29, 0.717) is 30.3 Å². The molecular formula is C18H25N5O4S2. The van der Waals surface area contributed by atoms with Crippen LogP contribution in [0.3, 0.4) is 0 Å². The van der Waals surface area contributed by atoms with Crippen molar-refractivity contribution in [3.63, 3.8) is 0 Å². The molecule has 3 N–H and O–H groups in total. The summed E-state index contributed by atoms with van der Waals surface area (Å²) in [6.45, 7) is 5.27. The van der Waals surface area contributed by atoms with E-state index in [4.69, 9.17) is 5.73 Å². The first-order valence-electron chi connectivity index (χ1n) is 9.51. The summed E-state index contributed by atoms with van der Waals surface area (Å²) >= 11 is 1.18. The maximum Gasteiger partial charge on any atom is 0.318 e. The Bertz CT molecular complexity index is 1030. The number of rotatable bonds is 6. The lowest BCUT2D eigenvalue weighted by molar-refractivity contribution is -0.119. The van der Waals surface area contributed by atoms with Gasteiger partial charge in [0, 0.05) is 19.6 Å². The molecule has 2 heterocycles. The number of hydrogen-bond donors (Lipinski definition) is 2. The van der Waals surface area contributed by atoms with Crippen molar-refractivity contribution >= 4 is 44.8 Å². The van der Waals surface area contributed by atoms with E-state index < -0.39 is 27.2 Å². The first-order valence-corrected chi connectivity index (χ1v) is 11.8. The van der Waals surface area contributed by atoms with Crippen LogP contribution in [-0.4, -0.2) is 52.6 Å². The van der Waals surface area contributed by atoms with Gasteiger partial charge in [0.1, 0.15) is 0 Å². The van der Waals surface area contributed by atoms with Crippen molar-refractivity contribution in [2.75, 3.05) is 13.1 Å². The van der Waals surface area contributed by atoms with Crippen molar-refractivity contribution in [3.8, 4) is 0 Å². The topological polar surface area (TPSA) is 127 Å². The van der Waals surface area contributed by atoms with Crippen molar-refractivity contribution in [2.45, 2.75) is 55.0 Å². The Morgan fingerprint density at radius 1 is 1.28 bits per heavy atom. The van der Waals surface area contributed by atoms with Gasteiger partial charge in [-0.05, 0) is 44.9 Å². The van der Waals surface area contributed by atoms with Gasteiger partial charge in [0.15, 0.2) is 5.16 Å². The summed E-state index contributed by atoms with van der Waals surface area (Å²) in [7, 11) is -3.55. The Morgan fingerprint density at radius 3 is 2.59 bits per heavy atom. The predicted octanol–water partition coefficient (Wildman–Crippen LogP) is 1.91. The molecule has 11 heteroatoms. The average Bonchev–Trinajstić information content (AvgIpc) is 3.04. The van der Waals surface area contributed by atoms with Crippen LogP contribution >= 0.6 is 11.8 Å². The van der Waals surface area contributed by atoms with Crippen LogP contribution in [-0.2, 0) is 21.4 Å². The number of aryl methyl sites for hydroxylation is 1. The fraction of sp³-hybridized carbons (Fsp3) is 0.500. The molecule has 2 aromatic rings. The maximum atomic E-state index is 13.0. The zero-order valence-corrected chi connectivity index (χ0v) is 18.1. The number of imide groups is 1. The van der Waals surface area contributed by atoms with Crippen LogP contribution in [0.2, 0.25) is 0 Å². The minimum Gasteiger partial charge on any atom is -0.351 e. The number of urea groups is 1. The number of thioether (sulfide) groups is 1. The van der Waals surface area contributed by atoms with Gasteiger partial charge in [0.25, 0.3) is 0 Å². The van der Waals surface area contributed by atoms with Crippen LogP contribution in [0.4, 0.5) is 4.79 Å². The number of piperidine rings is 1. The van der Waals surface area contributed by atoms with E-state index in [1.54, 1.807) is 25.1 Å². The second-order valence-electron chi connectivity index (χ2n) is 6.87. The number of primary amides is 1. The minimum atomic E-state index is -3.55. The Labute approximate surface area is 174 Å². The smallest absolute Gasteiger partial charge is 0.318 e. The van der Waals surface area contributed by atoms with E-state index in [1.165, 1.54) is 16.1 Å². The molecule has 0 aliphatic carbocycles. The Kier molecular flexibility index (Phi) is 6.49. The summed E-state index contributed by atoms with van der Waals surface area (Å²) in [6, 6.07) is 4.04. The predicted molar refractivity (Wildman–Crippen MR) is 111 cm³/mol. The number of carbonyl (C=O) groups is 2. The van der Waals surface area contributed by atoms with E-state index in [2.05, 4.69) is 10.3 Å². The van der Waals surface area contributed by atoms with E-state index >= 15 is 0 Å². The van der Waals surface area contributed by atoms with E-state index in [0.717, 1.165) is 24.8 Å². The summed E-state index contributed by atoms with van der Waals surface area (Å²) < 4.78 is 29.3. The molecule has 0 spiro atoms. The summed E-state index contributed by atoms with van der Waals surface area (Å²) in [4.78, 5) is 27.6. The SMILES string of the molecule is CCn1c(SC(C)C(=O)NC(N)=O)nc2cc(S(=O)(=O)N3CCCCC3)ccc21. The number of nitrogens with zero attached hydrogens (tertiary/aromatic N) is 3. The molecule has 1 atom stereocenters. The standard InChI is InChI=1S/C18H25N5O4S2/c1-3-23-15-8-7-13(29(26,27)22-9-5-4-6-10-22)11-14(15)20-18(23)28-12(2)16(24)21-17(19)25/h7-8,11-12H,3-6,9-10H2,1-2H3,(H3,19,21,24,25). The number of sulfonamides is 1. The molecule has 1 fully saturated rings. The molecule has 1 unspecified atom stereocenters. The molecule has 158 valence electrons. The molecule has 9 nitrogen and oxygen atoms in total. The van der Waals surface area contributed by atoms with Crippen molar-refractivity contribution < 1.29 is 18.0 Å². The lowest BCUT2D eigenvalue weighted by Crippen LogP contribution is -2.39. The number of imidazole rings is 1. The third-order valence-electron chi connectivity index (χ3n) is 4.85. The van der Waals surface area contributed by atoms with Gasteiger partial charge in [-0.15, -0.1) is 0 Å². The number of amides is 3. The molecule has 1 aromatic heterocycles. The highest BCUT2D eigenvalue weighted by Gasteiger charge is 2.27. The normalized spacial score (nSPS) is 16.6. The lowest BCUT2D eigenvalue weighted by atomic mass is 10.2. The maximum absolute atomic E-state index is 13.0. The van der Waals surface area contributed by atoms with Gasteiger partial charge in [-0.3, -0.25) is 10.1 Å². The highest BCUT2D eigenvalue weighted by atomic mass is 32.2. The fourth-order valence-electron chi connectivity index (χ4n) is 3.33. The second kappa shape index (κ2) is 8.72. The Morgan fingerprint density at radius 2 is 1.97 bits per heavy atom. The Balaban J connectivity index is 1.92. The van der Waals surface area contributed by atoms with E-state index in [9.17, 15) is 18.0 Å². The second-order valence-corrected chi connectivity index (χ2v) is 10.1. The highest BCUT2D eigenvalue weighted by Crippen LogP contribution is 2.30. The van der Waals surface area contributed by atoms with Gasteiger partial charge in [-0.1, -0.05) is 18.2 Å². The molecule has 0 radical (unpaired) electrons. The molecule has 1 aliphatic heterocycles. The van der Waals surface area contributed by atoms with Gasteiger partial charge in [-0.2, -0.15) is 4.31 Å². The van der Waals surface area contributed by atoms with Gasteiger partial charge in [-0.25, -0.2) is 18.2 Å². The molecule has 0 saturated carbocycles. The third-order valence-corrected chi connectivity index (χ3v) is 7.84. The minimum absolute atomic E-state index is 0.226. The molecule has 1 aromatic carbocycles. The summed E-state index contributed by atoms with van der Waals surface area (Å²) in [6.07, 6.45) is 2.80. The zero-order valence-electron chi connectivity index (χ0n) is 16.4. The summed E-state index contributed by atoms with van der Waals surface area (Å²) in [5, 5.41) is 2.03. The highest BCUT2D eigenvalue weighted by molar-refractivity contribution is 8.00. The third kappa shape index (κ3) is 4.57. The van der Waals surface area contributed by atoms with Crippen molar-refractivity contribution in [1.29, 1.82) is 0 Å². The van der Waals surface area contributed by atoms with Gasteiger partial charge in [0.2, 0.25) is 15.9 Å². The number of hydrogen-bond acceptors (Lipinski definition) is 6. The molecule has 3 rings (SSSR count). The average molecular weight is 440 g/mol. The molecule has 29 heavy (non-hydrogen) atoms. The molecule has 1 aliphatic rings. The van der Waals surface area contributed by atoms with E-state index in [1.807, 2.05) is 11.5 Å². The first kappa shape index (κ1) is 21.6. The van der Waals surface area contributed by atoms with Crippen LogP contribution < -0.4 is 11.1 Å².